The Morgan fingerprint density at radius 3 is 2.43 bits per heavy atom. The van der Waals surface area contributed by atoms with Gasteiger partial charge in [0.2, 0.25) is 11.6 Å². The highest BCUT2D eigenvalue weighted by Gasteiger charge is 2.38. The number of alkyl halides is 3. The van der Waals surface area contributed by atoms with Crippen molar-refractivity contribution < 1.29 is 18.0 Å². The van der Waals surface area contributed by atoms with Gasteiger partial charge in [-0.05, 0) is 11.5 Å². The van der Waals surface area contributed by atoms with Gasteiger partial charge in [-0.1, -0.05) is 24.3 Å². The molecule has 0 spiro atoms. The second-order valence-corrected chi connectivity index (χ2v) is 5.22. The predicted octanol–water partition coefficient (Wildman–Crippen LogP) is 3.44. The molecule has 0 unspecified atom stereocenters. The van der Waals surface area contributed by atoms with E-state index >= 15 is 0 Å². The normalized spacial score (nSPS) is 13.3. The number of hydrogen-bond acceptors (Lipinski definition) is 4. The van der Waals surface area contributed by atoms with Gasteiger partial charge in [-0.3, -0.25) is 4.79 Å². The summed E-state index contributed by atoms with van der Waals surface area (Å²) < 4.78 is 38.3. The Balaban J connectivity index is 2.07. The maximum Gasteiger partial charge on any atom is 0.451 e. The van der Waals surface area contributed by atoms with Crippen LogP contribution in [-0.2, 0) is 6.18 Å². The quantitative estimate of drug-likeness (QED) is 0.505. The number of carbonyl (C=O) groups excluding carboxylic acids is 1. The molecule has 0 aliphatic heterocycles. The van der Waals surface area contributed by atoms with Gasteiger partial charge in [-0.15, -0.1) is 0 Å². The van der Waals surface area contributed by atoms with Crippen LogP contribution in [0.4, 0.5) is 18.9 Å². The van der Waals surface area contributed by atoms with E-state index in [1.54, 1.807) is 24.3 Å². The summed E-state index contributed by atoms with van der Waals surface area (Å²) >= 11 is 0. The zero-order valence-electron chi connectivity index (χ0n) is 11.5. The van der Waals surface area contributed by atoms with E-state index in [4.69, 9.17) is 5.73 Å². The number of benzene rings is 2. The van der Waals surface area contributed by atoms with Crippen molar-refractivity contribution in [2.75, 3.05) is 5.73 Å². The largest absolute Gasteiger partial charge is 0.451 e. The summed E-state index contributed by atoms with van der Waals surface area (Å²) in [6.07, 6.45) is -3.65. The summed E-state index contributed by atoms with van der Waals surface area (Å²) in [6, 6.07) is 8.61. The van der Waals surface area contributed by atoms with Crippen molar-refractivity contribution >= 4 is 22.2 Å². The van der Waals surface area contributed by atoms with Gasteiger partial charge in [-0.25, -0.2) is 9.97 Å². The molecular weight excluding hydrogens is 307 g/mol. The zero-order chi connectivity index (χ0) is 16.4. The van der Waals surface area contributed by atoms with Gasteiger partial charge in [0.15, 0.2) is 0 Å². The number of anilines is 1. The smallest absolute Gasteiger partial charge is 0.398 e. The molecule has 1 aliphatic carbocycles. The minimum Gasteiger partial charge on any atom is -0.398 e. The molecule has 1 aliphatic rings. The van der Waals surface area contributed by atoms with Crippen LogP contribution in [0.15, 0.2) is 36.5 Å². The lowest BCUT2D eigenvalue weighted by Crippen LogP contribution is -2.13. The third-order valence-corrected chi connectivity index (χ3v) is 3.85. The molecule has 2 aromatic carbocycles. The van der Waals surface area contributed by atoms with Crippen LogP contribution in [0, 0.1) is 0 Å². The number of ketones is 1. The van der Waals surface area contributed by atoms with E-state index in [1.165, 1.54) is 6.07 Å². The fourth-order valence-corrected chi connectivity index (χ4v) is 2.87. The fourth-order valence-electron chi connectivity index (χ4n) is 2.87. The Labute approximate surface area is 127 Å². The van der Waals surface area contributed by atoms with Crippen molar-refractivity contribution in [3.63, 3.8) is 0 Å². The average Bonchev–Trinajstić information content (AvgIpc) is 2.79. The molecule has 0 atom stereocenters. The number of nitrogens with two attached hydrogens (primary N) is 1. The number of rotatable bonds is 0. The molecule has 0 radical (unpaired) electrons. The molecule has 114 valence electrons. The minimum absolute atomic E-state index is 0.238. The first-order valence-corrected chi connectivity index (χ1v) is 6.68. The third-order valence-electron chi connectivity index (χ3n) is 3.85. The molecule has 23 heavy (non-hydrogen) atoms. The van der Waals surface area contributed by atoms with E-state index in [0.717, 1.165) is 11.6 Å². The van der Waals surface area contributed by atoms with Crippen molar-refractivity contribution in [2.24, 2.45) is 0 Å². The second kappa shape index (κ2) is 4.28. The number of hydrogen-bond donors (Lipinski definition) is 1. The second-order valence-electron chi connectivity index (χ2n) is 5.22. The highest BCUT2D eigenvalue weighted by atomic mass is 19.4. The molecule has 4 nitrogen and oxygen atoms in total. The van der Waals surface area contributed by atoms with Crippen LogP contribution in [0.1, 0.15) is 21.9 Å². The van der Waals surface area contributed by atoms with E-state index < -0.39 is 17.8 Å². The molecule has 7 heteroatoms. The Hall–Kier alpha value is -2.96. The third kappa shape index (κ3) is 1.82. The summed E-state index contributed by atoms with van der Waals surface area (Å²) in [5.41, 5.74) is 7.20. The van der Waals surface area contributed by atoms with Gasteiger partial charge >= 0.3 is 6.18 Å². The first-order chi connectivity index (χ1) is 10.9. The molecule has 0 saturated carbocycles. The monoisotopic (exact) mass is 315 g/mol. The number of nitrogen functional groups attached to an aromatic ring is 1. The van der Waals surface area contributed by atoms with Crippen molar-refractivity contribution in [1.82, 2.24) is 9.97 Å². The molecule has 3 aromatic rings. The molecule has 1 aromatic heterocycles. The molecule has 0 fully saturated rings. The number of carbonyl (C=O) groups is 1. The van der Waals surface area contributed by atoms with Crippen LogP contribution in [0.5, 0.6) is 0 Å². The summed E-state index contributed by atoms with van der Waals surface area (Å²) in [5, 5.41) is 1.42. The van der Waals surface area contributed by atoms with Crippen molar-refractivity contribution in [3.05, 3.63) is 53.6 Å². The number of nitrogens with zero attached hydrogens (tertiary/aromatic N) is 2. The van der Waals surface area contributed by atoms with Crippen LogP contribution < -0.4 is 5.73 Å². The molecule has 4 rings (SSSR count). The lowest BCUT2D eigenvalue weighted by atomic mass is 9.97. The van der Waals surface area contributed by atoms with Crippen LogP contribution in [-0.4, -0.2) is 15.8 Å². The van der Waals surface area contributed by atoms with Crippen molar-refractivity contribution in [3.8, 4) is 11.1 Å². The van der Waals surface area contributed by atoms with Gasteiger partial charge < -0.3 is 5.73 Å². The summed E-state index contributed by atoms with van der Waals surface area (Å²) in [5.74, 6) is -1.89. The fraction of sp³-hybridized carbons (Fsp3) is 0.0625. The van der Waals surface area contributed by atoms with E-state index in [9.17, 15) is 18.0 Å². The number of halogens is 3. The summed E-state index contributed by atoms with van der Waals surface area (Å²) in [6.45, 7) is 0. The summed E-state index contributed by atoms with van der Waals surface area (Å²) in [4.78, 5) is 19.2. The molecule has 1 heterocycles. The Bertz CT molecular complexity index is 996. The molecule has 0 amide bonds. The maximum absolute atomic E-state index is 12.8. The maximum atomic E-state index is 12.8. The minimum atomic E-state index is -4.70. The number of fused-ring (bicyclic) bond motifs is 5. The topological polar surface area (TPSA) is 68.9 Å². The highest BCUT2D eigenvalue weighted by molar-refractivity contribution is 6.26. The van der Waals surface area contributed by atoms with E-state index in [0.29, 0.717) is 22.2 Å². The predicted molar refractivity (Wildman–Crippen MR) is 77.8 cm³/mol. The average molecular weight is 315 g/mol. The van der Waals surface area contributed by atoms with Crippen LogP contribution in [0.25, 0.3) is 21.9 Å². The Morgan fingerprint density at radius 1 is 1.04 bits per heavy atom. The molecule has 0 saturated heterocycles. The Morgan fingerprint density at radius 2 is 1.74 bits per heavy atom. The van der Waals surface area contributed by atoms with E-state index in [1.807, 2.05) is 0 Å². The van der Waals surface area contributed by atoms with Crippen LogP contribution in [0.3, 0.4) is 0 Å². The molecule has 0 bridgehead atoms. The van der Waals surface area contributed by atoms with Crippen molar-refractivity contribution in [2.45, 2.75) is 6.18 Å². The lowest BCUT2D eigenvalue weighted by Gasteiger charge is -2.08. The van der Waals surface area contributed by atoms with Gasteiger partial charge in [0.05, 0.1) is 0 Å². The van der Waals surface area contributed by atoms with Crippen molar-refractivity contribution in [1.29, 1.82) is 0 Å². The standard InChI is InChI=1S/C16H8F3N3O/c17-16(18,19)15-21-6-10-12-8-4-2-1-3-7(8)11(20)5-9(12)14(23)13(10)22-15/h1-6H,20H2. The van der Waals surface area contributed by atoms with E-state index in [2.05, 4.69) is 9.97 Å². The lowest BCUT2D eigenvalue weighted by molar-refractivity contribution is -0.145. The van der Waals surface area contributed by atoms with Crippen LogP contribution >= 0.6 is 0 Å². The Kier molecular flexibility index (Phi) is 2.55. The zero-order valence-corrected chi connectivity index (χ0v) is 11.5. The first kappa shape index (κ1) is 13.7. The number of aromatic nitrogens is 2. The van der Waals surface area contributed by atoms with Gasteiger partial charge in [0.25, 0.3) is 0 Å². The highest BCUT2D eigenvalue weighted by Crippen LogP contribution is 2.43. The van der Waals surface area contributed by atoms with Gasteiger partial charge in [0, 0.05) is 34.0 Å². The molecule has 2 N–H and O–H groups in total. The summed E-state index contributed by atoms with van der Waals surface area (Å²) in [7, 11) is 0. The molecular formula is C16H8F3N3O. The SMILES string of the molecule is Nc1cc2c(c3ccccc13)-c1cnc(C(F)(F)F)nc1C2=O. The van der Waals surface area contributed by atoms with E-state index in [-0.39, 0.29) is 11.3 Å². The van der Waals surface area contributed by atoms with Gasteiger partial charge in [0.1, 0.15) is 5.69 Å². The first-order valence-electron chi connectivity index (χ1n) is 6.68. The van der Waals surface area contributed by atoms with Crippen LogP contribution in [0.2, 0.25) is 0 Å². The van der Waals surface area contributed by atoms with Gasteiger partial charge in [-0.2, -0.15) is 13.2 Å².